The normalized spacial score (nSPS) is 38.4. The van der Waals surface area contributed by atoms with Crippen LogP contribution in [0.5, 0.6) is 0 Å². The van der Waals surface area contributed by atoms with Crippen molar-refractivity contribution in [3.8, 4) is 0 Å². The number of hydrogen-bond acceptors (Lipinski definition) is 0. The van der Waals surface area contributed by atoms with Crippen LogP contribution in [0.3, 0.4) is 0 Å². The van der Waals surface area contributed by atoms with Crippen molar-refractivity contribution in [2.75, 3.05) is 0 Å². The van der Waals surface area contributed by atoms with E-state index in [9.17, 15) is 0 Å². The lowest BCUT2D eigenvalue weighted by Gasteiger charge is -2.35. The first kappa shape index (κ1) is 10.1. The zero-order chi connectivity index (χ0) is 9.19. The Morgan fingerprint density at radius 3 is 2.67 bits per heavy atom. The second-order valence-electron chi connectivity index (χ2n) is 4.47. The molecule has 68 valence electrons. The summed E-state index contributed by atoms with van der Waals surface area (Å²) in [6, 6.07) is 0. The molecule has 1 aliphatic carbocycles. The van der Waals surface area contributed by atoms with E-state index in [-0.39, 0.29) is 5.31 Å². The highest BCUT2D eigenvalue weighted by Crippen LogP contribution is 2.53. The topological polar surface area (TPSA) is 0 Å². The minimum absolute atomic E-state index is 0.176. The zero-order valence-corrected chi connectivity index (χ0v) is 8.77. The summed E-state index contributed by atoms with van der Waals surface area (Å²) in [5.74, 6) is 1.60. The van der Waals surface area contributed by atoms with E-state index in [1.165, 1.54) is 25.7 Å². The summed E-state index contributed by atoms with van der Waals surface area (Å²) in [4.78, 5) is 0. The van der Waals surface area contributed by atoms with Crippen LogP contribution < -0.4 is 0 Å². The maximum Gasteiger partial charge on any atom is 0.0750 e. The summed E-state index contributed by atoms with van der Waals surface area (Å²) in [6.45, 7) is 6.87. The summed E-state index contributed by atoms with van der Waals surface area (Å²) in [5.41, 5.74) is 0. The molecule has 1 saturated carbocycles. The van der Waals surface area contributed by atoms with Gasteiger partial charge in [-0.25, -0.2) is 0 Å². The molecule has 2 unspecified atom stereocenters. The van der Waals surface area contributed by atoms with E-state index in [0.717, 1.165) is 18.3 Å². The van der Waals surface area contributed by atoms with Crippen LogP contribution in [-0.2, 0) is 0 Å². The molecule has 12 heavy (non-hydrogen) atoms. The van der Waals surface area contributed by atoms with Crippen molar-refractivity contribution >= 4 is 7.85 Å². The molecule has 0 saturated heterocycles. The molecule has 0 nitrogen and oxygen atoms in total. The largest absolute Gasteiger partial charge is 0.0750 e. The monoisotopic (exact) mass is 164 g/mol. The van der Waals surface area contributed by atoms with Gasteiger partial charge in [-0.2, -0.15) is 0 Å². The van der Waals surface area contributed by atoms with Crippen molar-refractivity contribution in [3.63, 3.8) is 0 Å². The molecule has 1 rings (SSSR count). The van der Waals surface area contributed by atoms with Crippen molar-refractivity contribution in [1.82, 2.24) is 0 Å². The van der Waals surface area contributed by atoms with E-state index >= 15 is 0 Å². The lowest BCUT2D eigenvalue weighted by Crippen LogP contribution is -2.23. The van der Waals surface area contributed by atoms with Crippen molar-refractivity contribution in [1.29, 1.82) is 0 Å². The average Bonchev–Trinajstić information content (AvgIpc) is 2.47. The van der Waals surface area contributed by atoms with E-state index in [4.69, 9.17) is 7.85 Å². The summed E-state index contributed by atoms with van der Waals surface area (Å²) < 4.78 is 0. The maximum absolute atomic E-state index is 6.38. The van der Waals surface area contributed by atoms with Gasteiger partial charge in [0.15, 0.2) is 0 Å². The Morgan fingerprint density at radius 2 is 2.17 bits per heavy atom. The van der Waals surface area contributed by atoms with Crippen LogP contribution in [0.4, 0.5) is 0 Å². The third-order valence-corrected chi connectivity index (χ3v) is 3.88. The van der Waals surface area contributed by atoms with Gasteiger partial charge < -0.3 is 0 Å². The van der Waals surface area contributed by atoms with Gasteiger partial charge in [0.25, 0.3) is 0 Å². The smallest absolute Gasteiger partial charge is 0.0656 e. The molecule has 2 radical (unpaired) electrons. The van der Waals surface area contributed by atoms with Crippen LogP contribution in [0.15, 0.2) is 0 Å². The van der Waals surface area contributed by atoms with Gasteiger partial charge in [0.05, 0.1) is 7.85 Å². The highest BCUT2D eigenvalue weighted by Gasteiger charge is 2.38. The highest BCUT2D eigenvalue weighted by atomic mass is 14.4. The molecule has 0 N–H and O–H groups in total. The fourth-order valence-corrected chi connectivity index (χ4v) is 2.70. The first-order valence-corrected chi connectivity index (χ1v) is 5.43. The van der Waals surface area contributed by atoms with Crippen molar-refractivity contribution in [3.05, 3.63) is 0 Å². The summed E-state index contributed by atoms with van der Waals surface area (Å²) in [7, 11) is 6.38. The molecule has 0 aromatic carbocycles. The van der Waals surface area contributed by atoms with Gasteiger partial charge in [0.2, 0.25) is 0 Å². The summed E-state index contributed by atoms with van der Waals surface area (Å²) >= 11 is 0. The Bertz CT molecular complexity index is 144. The second kappa shape index (κ2) is 3.85. The Labute approximate surface area is 78.5 Å². The fourth-order valence-electron chi connectivity index (χ4n) is 2.70. The Kier molecular flexibility index (Phi) is 3.26. The van der Waals surface area contributed by atoms with Crippen molar-refractivity contribution < 1.29 is 0 Å². The van der Waals surface area contributed by atoms with Crippen LogP contribution in [0.1, 0.15) is 52.9 Å². The van der Waals surface area contributed by atoms with E-state index in [0.29, 0.717) is 0 Å². The van der Waals surface area contributed by atoms with Gasteiger partial charge >= 0.3 is 0 Å². The molecular weight excluding hydrogens is 143 g/mol. The standard InChI is InChI=1S/C11H21B/c1-4-9(3)10-7-6-8-11(10,12)5-2/h9-10H,4-8H2,1-3H3/t9-,10?,11?/m1/s1. The molecule has 0 bridgehead atoms. The number of rotatable bonds is 3. The van der Waals surface area contributed by atoms with Crippen molar-refractivity contribution in [2.24, 2.45) is 11.8 Å². The molecule has 0 aromatic rings. The fraction of sp³-hybridized carbons (Fsp3) is 1.00. The minimum Gasteiger partial charge on any atom is -0.0656 e. The molecule has 1 heteroatoms. The predicted molar refractivity (Wildman–Crippen MR) is 55.5 cm³/mol. The van der Waals surface area contributed by atoms with Gasteiger partial charge in [-0.05, 0) is 11.8 Å². The lowest BCUT2D eigenvalue weighted by molar-refractivity contribution is 0.281. The summed E-state index contributed by atoms with van der Waals surface area (Å²) in [6.07, 6.45) is 6.39. The third kappa shape index (κ3) is 1.70. The molecule has 0 aromatic heterocycles. The third-order valence-electron chi connectivity index (χ3n) is 3.88. The van der Waals surface area contributed by atoms with Crippen LogP contribution in [0.25, 0.3) is 0 Å². The molecule has 3 atom stereocenters. The van der Waals surface area contributed by atoms with Crippen LogP contribution in [0, 0.1) is 11.8 Å². The maximum atomic E-state index is 6.38. The Hall–Kier alpha value is 0.0649. The van der Waals surface area contributed by atoms with Gasteiger partial charge in [0.1, 0.15) is 0 Å². The van der Waals surface area contributed by atoms with Crippen LogP contribution in [-0.4, -0.2) is 7.85 Å². The minimum atomic E-state index is 0.176. The average molecular weight is 164 g/mol. The molecule has 0 aliphatic heterocycles. The Balaban J connectivity index is 2.63. The van der Waals surface area contributed by atoms with Gasteiger partial charge in [-0.3, -0.25) is 0 Å². The predicted octanol–water partition coefficient (Wildman–Crippen LogP) is 3.57. The van der Waals surface area contributed by atoms with Gasteiger partial charge in [-0.1, -0.05) is 58.2 Å². The second-order valence-corrected chi connectivity index (χ2v) is 4.47. The van der Waals surface area contributed by atoms with E-state index < -0.39 is 0 Å². The molecule has 0 amide bonds. The van der Waals surface area contributed by atoms with Gasteiger partial charge in [0, 0.05) is 0 Å². The zero-order valence-electron chi connectivity index (χ0n) is 8.77. The molecule has 0 heterocycles. The van der Waals surface area contributed by atoms with Crippen LogP contribution in [0.2, 0.25) is 5.31 Å². The first-order chi connectivity index (χ1) is 5.64. The van der Waals surface area contributed by atoms with E-state index in [1.807, 2.05) is 0 Å². The highest BCUT2D eigenvalue weighted by molar-refractivity contribution is 6.15. The first-order valence-electron chi connectivity index (χ1n) is 5.43. The molecule has 0 spiro atoms. The molecular formula is C11H21B. The van der Waals surface area contributed by atoms with E-state index in [2.05, 4.69) is 20.8 Å². The quantitative estimate of drug-likeness (QED) is 0.559. The van der Waals surface area contributed by atoms with E-state index in [1.54, 1.807) is 0 Å². The van der Waals surface area contributed by atoms with Gasteiger partial charge in [-0.15, -0.1) is 0 Å². The lowest BCUT2D eigenvalue weighted by atomic mass is 9.57. The Morgan fingerprint density at radius 1 is 1.50 bits per heavy atom. The molecule has 1 fully saturated rings. The SMILES string of the molecule is [B]C1(CC)CCCC1[C@H](C)CC. The van der Waals surface area contributed by atoms with Crippen molar-refractivity contribution in [2.45, 2.75) is 58.2 Å². The summed E-state index contributed by atoms with van der Waals surface area (Å²) in [5, 5.41) is 0.176. The number of hydrogen-bond donors (Lipinski definition) is 0. The van der Waals surface area contributed by atoms with Crippen LogP contribution >= 0.6 is 0 Å². The molecule has 1 aliphatic rings.